The molecule has 116 valence electrons. The van der Waals surface area contributed by atoms with Gasteiger partial charge in [-0.3, -0.25) is 19.3 Å². The van der Waals surface area contributed by atoms with Crippen molar-refractivity contribution in [2.45, 2.75) is 32.2 Å². The number of carbonyl (C=O) groups is 3. The van der Waals surface area contributed by atoms with Gasteiger partial charge in [-0.1, -0.05) is 0 Å². The Hall–Kier alpha value is -2.37. The summed E-state index contributed by atoms with van der Waals surface area (Å²) in [6.45, 7) is 2.96. The Morgan fingerprint density at radius 1 is 1.14 bits per heavy atom. The molecule has 2 saturated heterocycles. The van der Waals surface area contributed by atoms with Crippen LogP contribution in [0.4, 0.5) is 11.4 Å². The summed E-state index contributed by atoms with van der Waals surface area (Å²) in [4.78, 5) is 38.5. The third-order valence-corrected chi connectivity index (χ3v) is 4.15. The number of likely N-dealkylation sites (N-methyl/N-ethyl adjacent to an activating group) is 1. The van der Waals surface area contributed by atoms with Crippen LogP contribution in [-0.2, 0) is 14.4 Å². The monoisotopic (exact) mass is 301 g/mol. The molecule has 1 atom stereocenters. The Morgan fingerprint density at radius 2 is 1.86 bits per heavy atom. The molecular weight excluding hydrogens is 282 g/mol. The molecule has 0 radical (unpaired) electrons. The number of likely N-dealkylation sites (tertiary alicyclic amines) is 1. The van der Waals surface area contributed by atoms with E-state index in [1.807, 2.05) is 24.3 Å². The van der Waals surface area contributed by atoms with E-state index in [1.165, 1.54) is 4.90 Å². The van der Waals surface area contributed by atoms with Crippen LogP contribution in [-0.4, -0.2) is 41.8 Å². The normalized spacial score (nSPS) is 21.9. The highest BCUT2D eigenvalue weighted by Gasteiger charge is 2.37. The molecule has 3 amide bonds. The lowest BCUT2D eigenvalue weighted by atomic mass is 10.2. The van der Waals surface area contributed by atoms with Gasteiger partial charge in [-0.15, -0.1) is 0 Å². The fourth-order valence-corrected chi connectivity index (χ4v) is 2.99. The van der Waals surface area contributed by atoms with Gasteiger partial charge in [0.05, 0.1) is 6.42 Å². The fourth-order valence-electron chi connectivity index (χ4n) is 2.99. The lowest BCUT2D eigenvalue weighted by molar-refractivity contribution is -0.138. The van der Waals surface area contributed by atoms with Crippen molar-refractivity contribution in [3.63, 3.8) is 0 Å². The van der Waals surface area contributed by atoms with Crippen molar-refractivity contribution in [1.29, 1.82) is 0 Å². The maximum Gasteiger partial charge on any atom is 0.252 e. The lowest BCUT2D eigenvalue weighted by Gasteiger charge is -2.17. The first-order chi connectivity index (χ1) is 10.6. The highest BCUT2D eigenvalue weighted by atomic mass is 16.2. The van der Waals surface area contributed by atoms with Crippen LogP contribution in [0.5, 0.6) is 0 Å². The molecule has 2 fully saturated rings. The van der Waals surface area contributed by atoms with Gasteiger partial charge in [0.1, 0.15) is 6.04 Å². The Labute approximate surface area is 129 Å². The van der Waals surface area contributed by atoms with Crippen molar-refractivity contribution in [1.82, 2.24) is 4.90 Å². The minimum absolute atomic E-state index is 0.135. The number of hydrogen-bond acceptors (Lipinski definition) is 4. The van der Waals surface area contributed by atoms with Crippen molar-refractivity contribution >= 4 is 29.1 Å². The van der Waals surface area contributed by atoms with Crippen LogP contribution < -0.4 is 10.2 Å². The second-order valence-corrected chi connectivity index (χ2v) is 5.57. The summed E-state index contributed by atoms with van der Waals surface area (Å²) in [6, 6.07) is 6.92. The highest BCUT2D eigenvalue weighted by Crippen LogP contribution is 2.24. The van der Waals surface area contributed by atoms with Crippen LogP contribution in [0.1, 0.15) is 26.2 Å². The van der Waals surface area contributed by atoms with Gasteiger partial charge in [0.2, 0.25) is 11.8 Å². The van der Waals surface area contributed by atoms with Crippen molar-refractivity contribution in [2.75, 3.05) is 23.3 Å². The van der Waals surface area contributed by atoms with Crippen LogP contribution in [0.15, 0.2) is 24.3 Å². The summed E-state index contributed by atoms with van der Waals surface area (Å²) in [5.74, 6) is -0.161. The second-order valence-electron chi connectivity index (χ2n) is 5.57. The molecule has 6 nitrogen and oxygen atoms in total. The van der Waals surface area contributed by atoms with E-state index in [-0.39, 0.29) is 24.1 Å². The number of carbonyl (C=O) groups excluding carboxylic acids is 3. The second kappa shape index (κ2) is 5.79. The molecule has 22 heavy (non-hydrogen) atoms. The zero-order valence-electron chi connectivity index (χ0n) is 12.5. The van der Waals surface area contributed by atoms with Gasteiger partial charge < -0.3 is 10.2 Å². The molecule has 2 aliphatic rings. The maximum atomic E-state index is 12.1. The highest BCUT2D eigenvalue weighted by molar-refractivity contribution is 6.06. The first-order valence-electron chi connectivity index (χ1n) is 7.61. The van der Waals surface area contributed by atoms with Crippen LogP contribution in [0.25, 0.3) is 0 Å². The summed E-state index contributed by atoms with van der Waals surface area (Å²) >= 11 is 0. The van der Waals surface area contributed by atoms with E-state index in [9.17, 15) is 14.4 Å². The van der Waals surface area contributed by atoms with Crippen molar-refractivity contribution in [3.8, 4) is 0 Å². The molecule has 1 N–H and O–H groups in total. The third kappa shape index (κ3) is 2.56. The molecule has 6 heteroatoms. The smallest absolute Gasteiger partial charge is 0.252 e. The predicted octanol–water partition coefficient (Wildman–Crippen LogP) is 1.37. The van der Waals surface area contributed by atoms with Gasteiger partial charge in [0, 0.05) is 30.9 Å². The van der Waals surface area contributed by atoms with E-state index in [0.29, 0.717) is 13.0 Å². The fraction of sp³-hybridized carbons (Fsp3) is 0.438. The average Bonchev–Trinajstić information content (AvgIpc) is 3.04. The molecule has 1 aromatic carbocycles. The molecule has 0 aliphatic carbocycles. The molecule has 2 aliphatic heterocycles. The van der Waals surface area contributed by atoms with E-state index in [4.69, 9.17) is 0 Å². The summed E-state index contributed by atoms with van der Waals surface area (Å²) in [6.07, 6.45) is 1.69. The molecule has 0 spiro atoms. The van der Waals surface area contributed by atoms with Crippen molar-refractivity contribution in [2.24, 2.45) is 0 Å². The number of imide groups is 1. The standard InChI is InChI=1S/C16H19N3O3/c1-2-18-15(21)10-13(16(18)22)17-11-5-7-12(8-6-11)19-9-3-4-14(19)20/h5-8,13,17H,2-4,9-10H2,1H3/t13-/m0/s1. The first kappa shape index (κ1) is 14.6. The molecule has 3 rings (SSSR count). The number of amides is 3. The zero-order valence-corrected chi connectivity index (χ0v) is 12.5. The third-order valence-electron chi connectivity index (χ3n) is 4.15. The lowest BCUT2D eigenvalue weighted by Crippen LogP contribution is -2.34. The molecule has 1 aromatic rings. The quantitative estimate of drug-likeness (QED) is 0.853. The summed E-state index contributed by atoms with van der Waals surface area (Å²) < 4.78 is 0. The van der Waals surface area contributed by atoms with Crippen LogP contribution in [0.3, 0.4) is 0 Å². The number of nitrogens with one attached hydrogen (secondary N) is 1. The van der Waals surface area contributed by atoms with Gasteiger partial charge in [-0.05, 0) is 37.6 Å². The molecule has 0 bridgehead atoms. The zero-order chi connectivity index (χ0) is 15.7. The summed E-state index contributed by atoms with van der Waals surface area (Å²) in [5, 5.41) is 3.10. The van der Waals surface area contributed by atoms with E-state index < -0.39 is 6.04 Å². The van der Waals surface area contributed by atoms with Gasteiger partial charge in [0.25, 0.3) is 5.91 Å². The Kier molecular flexibility index (Phi) is 3.83. The Balaban J connectivity index is 1.68. The van der Waals surface area contributed by atoms with Crippen LogP contribution in [0, 0.1) is 0 Å². The number of nitrogens with zero attached hydrogens (tertiary/aromatic N) is 2. The van der Waals surface area contributed by atoms with Crippen molar-refractivity contribution in [3.05, 3.63) is 24.3 Å². The molecule has 0 saturated carbocycles. The van der Waals surface area contributed by atoms with Gasteiger partial charge in [-0.25, -0.2) is 0 Å². The van der Waals surface area contributed by atoms with Gasteiger partial charge in [0.15, 0.2) is 0 Å². The largest absolute Gasteiger partial charge is 0.373 e. The van der Waals surface area contributed by atoms with E-state index in [2.05, 4.69) is 5.32 Å². The number of anilines is 2. The predicted molar refractivity (Wildman–Crippen MR) is 82.5 cm³/mol. The molecule has 0 unspecified atom stereocenters. The minimum atomic E-state index is -0.494. The van der Waals surface area contributed by atoms with Gasteiger partial charge in [-0.2, -0.15) is 0 Å². The number of benzene rings is 1. The molecule has 0 aromatic heterocycles. The minimum Gasteiger partial charge on any atom is -0.373 e. The average molecular weight is 301 g/mol. The molecular formula is C16H19N3O3. The van der Waals surface area contributed by atoms with E-state index in [0.717, 1.165) is 24.3 Å². The van der Waals surface area contributed by atoms with Gasteiger partial charge >= 0.3 is 0 Å². The van der Waals surface area contributed by atoms with E-state index in [1.54, 1.807) is 11.8 Å². The summed E-state index contributed by atoms with van der Waals surface area (Å²) in [7, 11) is 0. The SMILES string of the molecule is CCN1C(=O)C[C@H](Nc2ccc(N3CCCC3=O)cc2)C1=O. The summed E-state index contributed by atoms with van der Waals surface area (Å²) in [5.41, 5.74) is 1.65. The maximum absolute atomic E-state index is 12.1. The Bertz CT molecular complexity index is 612. The topological polar surface area (TPSA) is 69.7 Å². The van der Waals surface area contributed by atoms with Crippen LogP contribution >= 0.6 is 0 Å². The number of rotatable bonds is 4. The van der Waals surface area contributed by atoms with Crippen molar-refractivity contribution < 1.29 is 14.4 Å². The first-order valence-corrected chi connectivity index (χ1v) is 7.61. The Morgan fingerprint density at radius 3 is 2.41 bits per heavy atom. The van der Waals surface area contributed by atoms with E-state index >= 15 is 0 Å². The number of hydrogen-bond donors (Lipinski definition) is 1. The molecule has 2 heterocycles. The van der Waals surface area contributed by atoms with Crippen LogP contribution in [0.2, 0.25) is 0 Å².